The lowest BCUT2D eigenvalue weighted by atomic mass is 10.1. The van der Waals surface area contributed by atoms with Gasteiger partial charge in [-0.2, -0.15) is 0 Å². The highest BCUT2D eigenvalue weighted by Gasteiger charge is 2.51. The number of methoxy groups -OCH3 is 1. The van der Waals surface area contributed by atoms with E-state index in [1.54, 1.807) is 0 Å². The molecule has 0 aromatic rings. The highest BCUT2D eigenvalue weighted by Crippen LogP contribution is 2.51. The van der Waals surface area contributed by atoms with Crippen LogP contribution in [0.25, 0.3) is 0 Å². The molecule has 2 aliphatic rings. The van der Waals surface area contributed by atoms with Crippen molar-refractivity contribution in [3.63, 3.8) is 0 Å². The van der Waals surface area contributed by atoms with Gasteiger partial charge in [0.1, 0.15) is 0 Å². The molecule has 2 rings (SSSR count). The van der Waals surface area contributed by atoms with Crippen molar-refractivity contribution >= 4 is 5.97 Å². The summed E-state index contributed by atoms with van der Waals surface area (Å²) in [6.45, 7) is 2.33. The van der Waals surface area contributed by atoms with Gasteiger partial charge in [0.05, 0.1) is 7.11 Å². The molecule has 0 unspecified atom stereocenters. The van der Waals surface area contributed by atoms with E-state index >= 15 is 0 Å². The van der Waals surface area contributed by atoms with E-state index in [2.05, 4.69) is 10.1 Å². The number of ether oxygens (including phenoxy) is 1. The smallest absolute Gasteiger partial charge is 0.305 e. The van der Waals surface area contributed by atoms with Gasteiger partial charge in [-0.25, -0.2) is 0 Å². The number of hydrogen-bond acceptors (Lipinski definition) is 3. The third-order valence-electron chi connectivity index (χ3n) is 3.18. The minimum atomic E-state index is -0.0621. The second kappa shape index (κ2) is 3.05. The van der Waals surface area contributed by atoms with Gasteiger partial charge in [-0.15, -0.1) is 0 Å². The third-order valence-corrected chi connectivity index (χ3v) is 3.18. The van der Waals surface area contributed by atoms with Gasteiger partial charge in [0.15, 0.2) is 0 Å². The van der Waals surface area contributed by atoms with Gasteiger partial charge in [0.2, 0.25) is 0 Å². The molecule has 1 saturated heterocycles. The number of hydrogen-bond donors (Lipinski definition) is 1. The Bertz CT molecular complexity index is 183. The van der Waals surface area contributed by atoms with E-state index in [1.165, 1.54) is 7.11 Å². The van der Waals surface area contributed by atoms with E-state index in [0.29, 0.717) is 6.42 Å². The zero-order valence-electron chi connectivity index (χ0n) is 7.38. The molecule has 1 aliphatic carbocycles. The molecule has 3 nitrogen and oxygen atoms in total. The van der Waals surface area contributed by atoms with Crippen LogP contribution in [-0.4, -0.2) is 26.2 Å². The predicted octanol–water partition coefficient (Wildman–Crippen LogP) is 0.405. The fourth-order valence-corrected chi connectivity index (χ4v) is 2.36. The Labute approximate surface area is 72.5 Å². The van der Waals surface area contributed by atoms with E-state index < -0.39 is 0 Å². The van der Waals surface area contributed by atoms with E-state index in [0.717, 1.165) is 37.3 Å². The summed E-state index contributed by atoms with van der Waals surface area (Å²) in [4.78, 5) is 10.8. The molecule has 0 aromatic carbocycles. The molecule has 0 bridgehead atoms. The predicted molar refractivity (Wildman–Crippen MR) is 44.6 cm³/mol. The maximum Gasteiger partial charge on any atom is 0.305 e. The van der Waals surface area contributed by atoms with Gasteiger partial charge >= 0.3 is 5.97 Å². The van der Waals surface area contributed by atoms with Crippen molar-refractivity contribution in [2.45, 2.75) is 12.8 Å². The van der Waals surface area contributed by atoms with Gasteiger partial charge in [0.25, 0.3) is 0 Å². The summed E-state index contributed by atoms with van der Waals surface area (Å²) in [6, 6.07) is 0. The van der Waals surface area contributed by atoms with Crippen LogP contribution >= 0.6 is 0 Å². The molecule has 1 N–H and O–H groups in total. The van der Waals surface area contributed by atoms with Gasteiger partial charge in [-0.3, -0.25) is 4.79 Å². The Balaban J connectivity index is 1.67. The summed E-state index contributed by atoms with van der Waals surface area (Å²) >= 11 is 0. The molecule has 0 aromatic heterocycles. The first-order chi connectivity index (χ1) is 5.83. The summed E-state index contributed by atoms with van der Waals surface area (Å²) in [5.74, 6) is 2.49. The average molecular weight is 169 g/mol. The fourth-order valence-electron chi connectivity index (χ4n) is 2.36. The van der Waals surface area contributed by atoms with Crippen LogP contribution in [0.1, 0.15) is 12.8 Å². The third kappa shape index (κ3) is 1.33. The summed E-state index contributed by atoms with van der Waals surface area (Å²) in [5, 5.41) is 3.34. The van der Waals surface area contributed by atoms with Gasteiger partial charge < -0.3 is 10.1 Å². The number of piperidine rings is 1. The topological polar surface area (TPSA) is 38.3 Å². The number of fused-ring (bicyclic) bond motifs is 1. The molecule has 0 radical (unpaired) electrons. The molecule has 0 amide bonds. The highest BCUT2D eigenvalue weighted by molar-refractivity contribution is 5.69. The first-order valence-electron chi connectivity index (χ1n) is 4.60. The summed E-state index contributed by atoms with van der Waals surface area (Å²) < 4.78 is 4.60. The first-order valence-corrected chi connectivity index (χ1v) is 4.60. The number of carbonyl (C=O) groups excluding carboxylic acids is 1. The van der Waals surface area contributed by atoms with E-state index in [1.807, 2.05) is 0 Å². The van der Waals surface area contributed by atoms with Gasteiger partial charge in [-0.1, -0.05) is 0 Å². The van der Waals surface area contributed by atoms with E-state index in [-0.39, 0.29) is 5.97 Å². The number of rotatable bonds is 3. The Morgan fingerprint density at radius 1 is 1.50 bits per heavy atom. The molecule has 12 heavy (non-hydrogen) atoms. The fraction of sp³-hybridized carbons (Fsp3) is 0.889. The average Bonchev–Trinajstić information content (AvgIpc) is 2.55. The molecule has 1 aliphatic heterocycles. The molecule has 0 spiro atoms. The van der Waals surface area contributed by atoms with Gasteiger partial charge in [0, 0.05) is 6.42 Å². The second-order valence-corrected chi connectivity index (χ2v) is 3.76. The van der Waals surface area contributed by atoms with Crippen LogP contribution in [0, 0.1) is 17.8 Å². The van der Waals surface area contributed by atoms with E-state index in [4.69, 9.17) is 0 Å². The molecule has 68 valence electrons. The maximum absolute atomic E-state index is 10.8. The van der Waals surface area contributed by atoms with Crippen molar-refractivity contribution in [2.75, 3.05) is 20.2 Å². The SMILES string of the molecule is COC(=O)CC[C@@H]1[C@H]2CNC[C@@H]12. The van der Waals surface area contributed by atoms with Gasteiger partial charge in [-0.05, 0) is 37.3 Å². The normalized spacial score (nSPS) is 37.6. The molecule has 3 atom stereocenters. The molecule has 2 fully saturated rings. The van der Waals surface area contributed by atoms with Crippen LogP contribution in [0.5, 0.6) is 0 Å². The molecule has 3 heteroatoms. The Morgan fingerprint density at radius 3 is 2.75 bits per heavy atom. The Hall–Kier alpha value is -0.570. The maximum atomic E-state index is 10.8. The minimum Gasteiger partial charge on any atom is -0.469 e. The standard InChI is InChI=1S/C9H15NO2/c1-12-9(11)3-2-6-7-4-10-5-8(6)7/h6-8,10H,2-5H2,1H3/t6-,7-,8+. The highest BCUT2D eigenvalue weighted by atomic mass is 16.5. The lowest BCUT2D eigenvalue weighted by Crippen LogP contribution is -2.15. The monoisotopic (exact) mass is 169 g/mol. The first kappa shape index (κ1) is 8.05. The molecule has 1 heterocycles. The number of carbonyl (C=O) groups is 1. The lowest BCUT2D eigenvalue weighted by molar-refractivity contribution is -0.140. The zero-order chi connectivity index (χ0) is 8.55. The van der Waals surface area contributed by atoms with Crippen LogP contribution in [0.3, 0.4) is 0 Å². The minimum absolute atomic E-state index is 0.0621. The number of nitrogens with one attached hydrogen (secondary N) is 1. The van der Waals surface area contributed by atoms with Crippen LogP contribution in [0.15, 0.2) is 0 Å². The van der Waals surface area contributed by atoms with Crippen molar-refractivity contribution in [1.29, 1.82) is 0 Å². The zero-order valence-corrected chi connectivity index (χ0v) is 7.38. The number of esters is 1. The molecular weight excluding hydrogens is 154 g/mol. The quantitative estimate of drug-likeness (QED) is 0.622. The van der Waals surface area contributed by atoms with Crippen LogP contribution in [-0.2, 0) is 9.53 Å². The van der Waals surface area contributed by atoms with Crippen molar-refractivity contribution in [2.24, 2.45) is 17.8 Å². The summed E-state index contributed by atoms with van der Waals surface area (Å²) in [7, 11) is 1.46. The molecule has 1 saturated carbocycles. The van der Waals surface area contributed by atoms with Crippen LogP contribution in [0.2, 0.25) is 0 Å². The van der Waals surface area contributed by atoms with Crippen molar-refractivity contribution < 1.29 is 9.53 Å². The van der Waals surface area contributed by atoms with Crippen LogP contribution < -0.4 is 5.32 Å². The Kier molecular flexibility index (Phi) is 2.05. The van der Waals surface area contributed by atoms with Crippen molar-refractivity contribution in [3.05, 3.63) is 0 Å². The molecular formula is C9H15NO2. The van der Waals surface area contributed by atoms with Crippen molar-refractivity contribution in [3.8, 4) is 0 Å². The second-order valence-electron chi connectivity index (χ2n) is 3.76. The van der Waals surface area contributed by atoms with Crippen LogP contribution in [0.4, 0.5) is 0 Å². The summed E-state index contributed by atoms with van der Waals surface area (Å²) in [5.41, 5.74) is 0. The Morgan fingerprint density at radius 2 is 2.17 bits per heavy atom. The summed E-state index contributed by atoms with van der Waals surface area (Å²) in [6.07, 6.45) is 1.64. The lowest BCUT2D eigenvalue weighted by Gasteiger charge is -2.02. The largest absolute Gasteiger partial charge is 0.469 e. The van der Waals surface area contributed by atoms with Crippen molar-refractivity contribution in [1.82, 2.24) is 5.32 Å². The van der Waals surface area contributed by atoms with E-state index in [9.17, 15) is 4.79 Å².